The minimum absolute atomic E-state index is 0.0678. The highest BCUT2D eigenvalue weighted by Crippen LogP contribution is 2.30. The fourth-order valence-electron chi connectivity index (χ4n) is 4.02. The molecule has 0 aliphatic carbocycles. The van der Waals surface area contributed by atoms with Gasteiger partial charge in [-0.15, -0.1) is 0 Å². The van der Waals surface area contributed by atoms with E-state index in [9.17, 15) is 18.0 Å². The maximum Gasteiger partial charge on any atom is 0.241 e. The first-order valence-corrected chi connectivity index (χ1v) is 12.8. The van der Waals surface area contributed by atoms with Crippen LogP contribution in [0.15, 0.2) is 47.4 Å². The van der Waals surface area contributed by atoms with E-state index in [4.69, 9.17) is 0 Å². The van der Waals surface area contributed by atoms with Gasteiger partial charge in [0.2, 0.25) is 21.8 Å². The molecule has 0 saturated carbocycles. The number of anilines is 1. The van der Waals surface area contributed by atoms with Gasteiger partial charge in [0.1, 0.15) is 6.04 Å². The fourth-order valence-corrected chi connectivity index (χ4v) is 5.27. The molecule has 7 nitrogen and oxygen atoms in total. The first-order chi connectivity index (χ1) is 15.6. The molecule has 2 N–H and O–H groups in total. The Kier molecular flexibility index (Phi) is 7.92. The monoisotopic (exact) mass is 471 g/mol. The fraction of sp³-hybridized carbons (Fsp3) is 0.440. The quantitative estimate of drug-likeness (QED) is 0.588. The summed E-state index contributed by atoms with van der Waals surface area (Å²) in [6.45, 7) is 8.39. The predicted octanol–water partition coefficient (Wildman–Crippen LogP) is 2.96. The zero-order valence-corrected chi connectivity index (χ0v) is 20.5. The third-order valence-corrected chi connectivity index (χ3v) is 7.26. The van der Waals surface area contributed by atoms with Crippen LogP contribution in [0.5, 0.6) is 0 Å². The summed E-state index contributed by atoms with van der Waals surface area (Å²) in [6, 6.07) is 12.0. The molecule has 0 saturated heterocycles. The van der Waals surface area contributed by atoms with Gasteiger partial charge in [0.25, 0.3) is 0 Å². The molecule has 0 spiro atoms. The molecule has 2 amide bonds. The van der Waals surface area contributed by atoms with Gasteiger partial charge in [0, 0.05) is 25.7 Å². The number of nitrogens with zero attached hydrogens (tertiary/aromatic N) is 1. The molecule has 0 fully saturated rings. The van der Waals surface area contributed by atoms with E-state index in [2.05, 4.69) is 10.0 Å². The van der Waals surface area contributed by atoms with E-state index in [0.29, 0.717) is 32.4 Å². The third-order valence-electron chi connectivity index (χ3n) is 5.79. The summed E-state index contributed by atoms with van der Waals surface area (Å²) in [4.78, 5) is 26.4. The highest BCUT2D eigenvalue weighted by Gasteiger charge is 2.29. The summed E-state index contributed by atoms with van der Waals surface area (Å²) in [7, 11) is -3.91. The Labute approximate surface area is 196 Å². The molecule has 1 aliphatic heterocycles. The maximum atomic E-state index is 13.1. The van der Waals surface area contributed by atoms with Crippen molar-refractivity contribution in [1.82, 2.24) is 10.0 Å². The SMILES string of the molecule is CC(=O)N1CCc2cc(S(=O)(=O)NC(CC(C)C)C(=O)NCCc3ccc(C)cc3)ccc21. The second-order valence-electron chi connectivity index (χ2n) is 9.04. The van der Waals surface area contributed by atoms with Crippen molar-refractivity contribution in [3.63, 3.8) is 0 Å². The first-order valence-electron chi connectivity index (χ1n) is 11.3. The Hall–Kier alpha value is -2.71. The Morgan fingerprint density at radius 2 is 1.79 bits per heavy atom. The Bertz CT molecular complexity index is 1110. The molecule has 178 valence electrons. The van der Waals surface area contributed by atoms with Crippen molar-refractivity contribution >= 4 is 27.5 Å². The lowest BCUT2D eigenvalue weighted by molar-refractivity contribution is -0.123. The van der Waals surface area contributed by atoms with Crippen LogP contribution in [0, 0.1) is 12.8 Å². The average Bonchev–Trinajstić information content (AvgIpc) is 3.18. The number of amides is 2. The van der Waals surface area contributed by atoms with Crippen LogP contribution in [-0.4, -0.2) is 39.4 Å². The lowest BCUT2D eigenvalue weighted by Gasteiger charge is -2.21. The zero-order valence-electron chi connectivity index (χ0n) is 19.7. The number of aryl methyl sites for hydroxylation is 1. The van der Waals surface area contributed by atoms with E-state index in [1.54, 1.807) is 17.0 Å². The molecule has 0 aromatic heterocycles. The van der Waals surface area contributed by atoms with Gasteiger partial charge in [-0.05, 0) is 61.4 Å². The van der Waals surface area contributed by atoms with Crippen molar-refractivity contribution in [3.05, 3.63) is 59.2 Å². The number of benzene rings is 2. The van der Waals surface area contributed by atoms with Crippen LogP contribution in [0.4, 0.5) is 5.69 Å². The molecule has 0 radical (unpaired) electrons. The van der Waals surface area contributed by atoms with Crippen molar-refractivity contribution in [2.75, 3.05) is 18.0 Å². The van der Waals surface area contributed by atoms with E-state index < -0.39 is 16.1 Å². The van der Waals surface area contributed by atoms with Gasteiger partial charge >= 0.3 is 0 Å². The number of sulfonamides is 1. The van der Waals surface area contributed by atoms with E-state index in [0.717, 1.165) is 16.8 Å². The standard InChI is InChI=1S/C25H33N3O4S/c1-17(2)15-23(25(30)26-13-11-20-7-5-18(3)6-8-20)27-33(31,32)22-9-10-24-21(16-22)12-14-28(24)19(4)29/h5-10,16-17,23,27H,11-15H2,1-4H3,(H,26,30). The molecule has 3 rings (SSSR count). The average molecular weight is 472 g/mol. The van der Waals surface area contributed by atoms with Crippen LogP contribution in [0.25, 0.3) is 0 Å². The predicted molar refractivity (Wildman–Crippen MR) is 130 cm³/mol. The molecule has 2 aromatic rings. The number of carbonyl (C=O) groups excluding carboxylic acids is 2. The first kappa shape index (κ1) is 24.9. The Morgan fingerprint density at radius 1 is 1.09 bits per heavy atom. The van der Waals surface area contributed by atoms with Crippen molar-refractivity contribution < 1.29 is 18.0 Å². The van der Waals surface area contributed by atoms with E-state index in [1.807, 2.05) is 45.0 Å². The van der Waals surface area contributed by atoms with Crippen molar-refractivity contribution in [2.45, 2.75) is 57.9 Å². The van der Waals surface area contributed by atoms with Crippen molar-refractivity contribution in [1.29, 1.82) is 0 Å². The maximum absolute atomic E-state index is 13.1. The molecule has 2 aromatic carbocycles. The lowest BCUT2D eigenvalue weighted by atomic mass is 10.0. The van der Waals surface area contributed by atoms with Crippen LogP contribution in [0.1, 0.15) is 43.9 Å². The minimum Gasteiger partial charge on any atom is -0.354 e. The van der Waals surface area contributed by atoms with E-state index in [1.165, 1.54) is 18.6 Å². The summed E-state index contributed by atoms with van der Waals surface area (Å²) in [6.07, 6.45) is 1.66. The molecule has 1 atom stereocenters. The van der Waals surface area contributed by atoms with E-state index in [-0.39, 0.29) is 22.6 Å². The van der Waals surface area contributed by atoms with Crippen molar-refractivity contribution in [2.24, 2.45) is 5.92 Å². The van der Waals surface area contributed by atoms with Crippen LogP contribution in [0.3, 0.4) is 0 Å². The zero-order chi connectivity index (χ0) is 24.2. The molecular formula is C25H33N3O4S. The van der Waals surface area contributed by atoms with Crippen LogP contribution in [0.2, 0.25) is 0 Å². The van der Waals surface area contributed by atoms with Crippen LogP contribution >= 0.6 is 0 Å². The summed E-state index contributed by atoms with van der Waals surface area (Å²) < 4.78 is 28.8. The second-order valence-corrected chi connectivity index (χ2v) is 10.8. The molecule has 1 aliphatic rings. The number of carbonyl (C=O) groups is 2. The van der Waals surface area contributed by atoms with Gasteiger partial charge in [0.05, 0.1) is 4.90 Å². The van der Waals surface area contributed by atoms with Gasteiger partial charge in [-0.1, -0.05) is 43.7 Å². The molecule has 1 unspecified atom stereocenters. The highest BCUT2D eigenvalue weighted by molar-refractivity contribution is 7.89. The van der Waals surface area contributed by atoms with Gasteiger partial charge in [-0.3, -0.25) is 9.59 Å². The Morgan fingerprint density at radius 3 is 2.42 bits per heavy atom. The van der Waals surface area contributed by atoms with Gasteiger partial charge in [0.15, 0.2) is 0 Å². The molecule has 0 bridgehead atoms. The smallest absolute Gasteiger partial charge is 0.241 e. The van der Waals surface area contributed by atoms with Crippen LogP contribution in [-0.2, 0) is 32.5 Å². The number of fused-ring (bicyclic) bond motifs is 1. The minimum atomic E-state index is -3.91. The van der Waals surface area contributed by atoms with Gasteiger partial charge in [-0.25, -0.2) is 8.42 Å². The van der Waals surface area contributed by atoms with Gasteiger partial charge in [-0.2, -0.15) is 4.72 Å². The molecular weight excluding hydrogens is 438 g/mol. The lowest BCUT2D eigenvalue weighted by Crippen LogP contribution is -2.47. The molecule has 33 heavy (non-hydrogen) atoms. The molecule has 1 heterocycles. The summed E-state index contributed by atoms with van der Waals surface area (Å²) in [5.41, 5.74) is 3.85. The summed E-state index contributed by atoms with van der Waals surface area (Å²) in [5, 5.41) is 2.88. The number of hydrogen-bond donors (Lipinski definition) is 2. The summed E-state index contributed by atoms with van der Waals surface area (Å²) >= 11 is 0. The summed E-state index contributed by atoms with van der Waals surface area (Å²) in [5.74, 6) is -0.269. The Balaban J connectivity index is 1.69. The number of hydrogen-bond acceptors (Lipinski definition) is 4. The van der Waals surface area contributed by atoms with Crippen molar-refractivity contribution in [3.8, 4) is 0 Å². The molecule has 8 heteroatoms. The van der Waals surface area contributed by atoms with Gasteiger partial charge < -0.3 is 10.2 Å². The van der Waals surface area contributed by atoms with E-state index >= 15 is 0 Å². The van der Waals surface area contributed by atoms with Crippen LogP contribution < -0.4 is 14.9 Å². The second kappa shape index (κ2) is 10.5. The number of nitrogens with one attached hydrogen (secondary N) is 2. The highest BCUT2D eigenvalue weighted by atomic mass is 32.2. The topological polar surface area (TPSA) is 95.6 Å². The normalized spacial score (nSPS) is 14.3. The largest absolute Gasteiger partial charge is 0.354 e. The number of rotatable bonds is 9. The third kappa shape index (κ3) is 6.42.